The summed E-state index contributed by atoms with van der Waals surface area (Å²) in [6.07, 6.45) is 1.91. The lowest BCUT2D eigenvalue weighted by Gasteiger charge is -2.19. The van der Waals surface area contributed by atoms with E-state index in [1.165, 1.54) is 23.7 Å². The third-order valence-corrected chi connectivity index (χ3v) is 4.50. The Morgan fingerprint density at radius 1 is 1.00 bits per heavy atom. The van der Waals surface area contributed by atoms with Gasteiger partial charge in [-0.1, -0.05) is 0 Å². The first-order valence-corrected chi connectivity index (χ1v) is 9.19. The van der Waals surface area contributed by atoms with Gasteiger partial charge in [0, 0.05) is 25.5 Å². The first kappa shape index (κ1) is 21.6. The highest BCUT2D eigenvalue weighted by atomic mass is 16.6. The molecule has 0 aliphatic heterocycles. The zero-order valence-electron chi connectivity index (χ0n) is 17.4. The van der Waals surface area contributed by atoms with Crippen LogP contribution < -0.4 is 19.8 Å². The van der Waals surface area contributed by atoms with Crippen molar-refractivity contribution in [2.75, 3.05) is 48.5 Å². The zero-order valence-corrected chi connectivity index (χ0v) is 17.4. The molecule has 0 atom stereocenters. The minimum absolute atomic E-state index is 0.183. The summed E-state index contributed by atoms with van der Waals surface area (Å²) in [6.45, 7) is 3.75. The molecule has 28 heavy (non-hydrogen) atoms. The summed E-state index contributed by atoms with van der Waals surface area (Å²) in [5.74, 6) is 1.21. The maximum atomic E-state index is 12.7. The molecule has 0 aliphatic rings. The van der Waals surface area contributed by atoms with E-state index in [4.69, 9.17) is 14.2 Å². The van der Waals surface area contributed by atoms with E-state index in [0.29, 0.717) is 41.1 Å². The molecular weight excluding hydrogens is 362 g/mol. The van der Waals surface area contributed by atoms with Crippen LogP contribution >= 0.6 is 0 Å². The summed E-state index contributed by atoms with van der Waals surface area (Å²) in [5, 5.41) is 0.905. The van der Waals surface area contributed by atoms with Crippen LogP contribution in [0.4, 0.5) is 4.79 Å². The zero-order chi connectivity index (χ0) is 20.8. The minimum Gasteiger partial charge on any atom is -0.493 e. The molecule has 0 spiro atoms. The lowest BCUT2D eigenvalue weighted by molar-refractivity contribution is 0.161. The lowest BCUT2D eigenvalue weighted by atomic mass is 10.1. The number of methoxy groups -OCH3 is 2. The minimum atomic E-state index is -0.476. The van der Waals surface area contributed by atoms with Crippen LogP contribution in [-0.4, -0.2) is 68.9 Å². The summed E-state index contributed by atoms with van der Waals surface area (Å²) < 4.78 is 17.8. The summed E-state index contributed by atoms with van der Waals surface area (Å²) in [5.41, 5.74) is -0.183. The molecule has 1 aromatic carbocycles. The fraction of sp³-hybridized carbons (Fsp3) is 0.500. The first-order valence-electron chi connectivity index (χ1n) is 9.19. The molecule has 1 aromatic heterocycles. The topological polar surface area (TPSA) is 73.2 Å². The molecule has 0 unspecified atom stereocenters. The van der Waals surface area contributed by atoms with Crippen molar-refractivity contribution in [2.24, 2.45) is 0 Å². The smallest absolute Gasteiger partial charge is 0.415 e. The second-order valence-corrected chi connectivity index (χ2v) is 6.78. The SMILES string of the molecule is CCn1cc(OC(=O)N(C)CCCN(C)C)c2cc(OC)c(OC)cc2c1=O. The van der Waals surface area contributed by atoms with Gasteiger partial charge in [-0.05, 0) is 46.1 Å². The fourth-order valence-corrected chi connectivity index (χ4v) is 2.89. The number of rotatable bonds is 8. The van der Waals surface area contributed by atoms with Crippen molar-refractivity contribution < 1.29 is 19.0 Å². The van der Waals surface area contributed by atoms with Crippen molar-refractivity contribution in [1.82, 2.24) is 14.4 Å². The third-order valence-electron chi connectivity index (χ3n) is 4.50. The Bertz CT molecular complexity index is 892. The molecule has 2 rings (SSSR count). The van der Waals surface area contributed by atoms with Crippen molar-refractivity contribution in [3.63, 3.8) is 0 Å². The average Bonchev–Trinajstić information content (AvgIpc) is 2.68. The van der Waals surface area contributed by atoms with Crippen LogP contribution in [0.5, 0.6) is 17.2 Å². The van der Waals surface area contributed by atoms with Crippen LogP contribution in [-0.2, 0) is 6.54 Å². The van der Waals surface area contributed by atoms with E-state index in [-0.39, 0.29) is 5.56 Å². The third kappa shape index (κ3) is 4.75. The Kier molecular flexibility index (Phi) is 7.28. The molecule has 2 aromatic rings. The van der Waals surface area contributed by atoms with Crippen molar-refractivity contribution in [3.05, 3.63) is 28.7 Å². The van der Waals surface area contributed by atoms with E-state index >= 15 is 0 Å². The number of fused-ring (bicyclic) bond motifs is 1. The highest BCUT2D eigenvalue weighted by molar-refractivity contribution is 5.92. The molecule has 154 valence electrons. The number of carbonyl (C=O) groups is 1. The standard InChI is InChI=1S/C20H29N3O5/c1-7-23-13-18(28-20(25)22(4)10-8-9-21(2)3)14-11-16(26-5)17(27-6)12-15(14)19(23)24/h11-13H,7-10H2,1-6H3. The van der Waals surface area contributed by atoms with Crippen molar-refractivity contribution >= 4 is 16.9 Å². The molecule has 1 amide bonds. The predicted octanol–water partition coefficient (Wildman–Crippen LogP) is 2.42. The lowest BCUT2D eigenvalue weighted by Crippen LogP contribution is -2.32. The largest absolute Gasteiger partial charge is 0.493 e. The van der Waals surface area contributed by atoms with Gasteiger partial charge in [0.1, 0.15) is 0 Å². The van der Waals surface area contributed by atoms with Crippen LogP contribution in [0.3, 0.4) is 0 Å². The number of hydrogen-bond donors (Lipinski definition) is 0. The van der Waals surface area contributed by atoms with Crippen molar-refractivity contribution in [1.29, 1.82) is 0 Å². The predicted molar refractivity (Wildman–Crippen MR) is 109 cm³/mol. The number of nitrogens with zero attached hydrogens (tertiary/aromatic N) is 3. The number of aryl methyl sites for hydroxylation is 1. The second-order valence-electron chi connectivity index (χ2n) is 6.78. The molecule has 8 nitrogen and oxygen atoms in total. The van der Waals surface area contributed by atoms with Gasteiger partial charge in [0.05, 0.1) is 25.8 Å². The summed E-state index contributed by atoms with van der Waals surface area (Å²) in [6, 6.07) is 3.27. The van der Waals surface area contributed by atoms with Gasteiger partial charge in [-0.3, -0.25) is 4.79 Å². The van der Waals surface area contributed by atoms with Gasteiger partial charge in [0.25, 0.3) is 5.56 Å². The Balaban J connectivity index is 2.41. The van der Waals surface area contributed by atoms with Crippen molar-refractivity contribution in [3.8, 4) is 17.2 Å². The Labute approximate surface area is 165 Å². The Hall–Kier alpha value is -2.74. The van der Waals surface area contributed by atoms with E-state index in [2.05, 4.69) is 4.90 Å². The van der Waals surface area contributed by atoms with Crippen LogP contribution in [0.25, 0.3) is 10.8 Å². The fourth-order valence-electron chi connectivity index (χ4n) is 2.89. The van der Waals surface area contributed by atoms with Gasteiger partial charge in [-0.2, -0.15) is 0 Å². The number of amides is 1. The molecule has 0 fully saturated rings. The molecular formula is C20H29N3O5. The van der Waals surface area contributed by atoms with E-state index in [1.54, 1.807) is 25.4 Å². The monoisotopic (exact) mass is 391 g/mol. The van der Waals surface area contributed by atoms with E-state index in [9.17, 15) is 9.59 Å². The molecule has 0 saturated heterocycles. The summed E-state index contributed by atoms with van der Waals surface area (Å²) in [4.78, 5) is 28.8. The molecule has 0 aliphatic carbocycles. The summed E-state index contributed by atoms with van der Waals surface area (Å²) in [7, 11) is 8.69. The van der Waals surface area contributed by atoms with E-state index < -0.39 is 6.09 Å². The Morgan fingerprint density at radius 3 is 2.14 bits per heavy atom. The maximum absolute atomic E-state index is 12.7. The Morgan fingerprint density at radius 2 is 1.61 bits per heavy atom. The summed E-state index contributed by atoms with van der Waals surface area (Å²) >= 11 is 0. The quantitative estimate of drug-likeness (QED) is 0.688. The maximum Gasteiger partial charge on any atom is 0.415 e. The number of benzene rings is 1. The second kappa shape index (κ2) is 9.45. The van der Waals surface area contributed by atoms with Gasteiger partial charge < -0.3 is 28.6 Å². The molecule has 1 heterocycles. The van der Waals surface area contributed by atoms with Gasteiger partial charge >= 0.3 is 6.09 Å². The number of ether oxygens (including phenoxy) is 3. The average molecular weight is 391 g/mol. The number of carbonyl (C=O) groups excluding carboxylic acids is 1. The van der Waals surface area contributed by atoms with Crippen LogP contribution in [0.15, 0.2) is 23.1 Å². The van der Waals surface area contributed by atoms with Crippen LogP contribution in [0, 0.1) is 0 Å². The van der Waals surface area contributed by atoms with Crippen LogP contribution in [0.2, 0.25) is 0 Å². The molecule has 0 N–H and O–H groups in total. The number of pyridine rings is 1. The van der Waals surface area contributed by atoms with E-state index in [0.717, 1.165) is 13.0 Å². The molecule has 8 heteroatoms. The molecule has 0 bridgehead atoms. The highest BCUT2D eigenvalue weighted by Crippen LogP contribution is 2.35. The first-order chi connectivity index (χ1) is 13.3. The number of aromatic nitrogens is 1. The van der Waals surface area contributed by atoms with Crippen LogP contribution in [0.1, 0.15) is 13.3 Å². The molecule has 0 radical (unpaired) electrons. The van der Waals surface area contributed by atoms with Gasteiger partial charge in [0.2, 0.25) is 0 Å². The van der Waals surface area contributed by atoms with Gasteiger partial charge in [0.15, 0.2) is 17.2 Å². The normalized spacial score (nSPS) is 11.0. The van der Waals surface area contributed by atoms with Crippen molar-refractivity contribution in [2.45, 2.75) is 19.9 Å². The molecule has 0 saturated carbocycles. The number of hydrogen-bond acceptors (Lipinski definition) is 6. The van der Waals surface area contributed by atoms with Gasteiger partial charge in [-0.15, -0.1) is 0 Å². The van der Waals surface area contributed by atoms with Gasteiger partial charge in [-0.25, -0.2) is 4.79 Å². The highest BCUT2D eigenvalue weighted by Gasteiger charge is 2.18. The van der Waals surface area contributed by atoms with E-state index in [1.807, 2.05) is 21.0 Å².